The molecule has 0 fully saturated rings. The molecule has 3 N–H and O–H groups in total. The summed E-state index contributed by atoms with van der Waals surface area (Å²) in [6.07, 6.45) is -3.34. The molecular formula is C25H21ClF3N9O4. The number of carbonyl (C=O) groups excluding carboxylic acids is 2. The van der Waals surface area contributed by atoms with Crippen LogP contribution in [0.3, 0.4) is 0 Å². The monoisotopic (exact) mass is 603 g/mol. The normalized spacial score (nSPS) is 11.8. The number of nitrogens with one attached hydrogen (secondary N) is 2. The van der Waals surface area contributed by atoms with E-state index in [0.29, 0.717) is 4.80 Å². The summed E-state index contributed by atoms with van der Waals surface area (Å²) in [6.45, 7) is 3.19. The maximum Gasteiger partial charge on any atom is 0.455 e. The highest BCUT2D eigenvalue weighted by molar-refractivity contribution is 6.32. The number of amides is 1. The average molecular weight is 604 g/mol. The van der Waals surface area contributed by atoms with E-state index in [2.05, 4.69) is 35.8 Å². The first-order valence-electron chi connectivity index (χ1n) is 12.2. The minimum Gasteiger partial charge on any atom is -0.505 e. The van der Waals surface area contributed by atoms with E-state index in [4.69, 9.17) is 16.3 Å². The van der Waals surface area contributed by atoms with Gasteiger partial charge >= 0.3 is 12.1 Å². The predicted molar refractivity (Wildman–Crippen MR) is 141 cm³/mol. The van der Waals surface area contributed by atoms with Gasteiger partial charge in [-0.2, -0.15) is 23.1 Å². The number of pyridine rings is 1. The molecule has 5 rings (SSSR count). The molecule has 1 amide bonds. The summed E-state index contributed by atoms with van der Waals surface area (Å²) in [5.41, 5.74) is 0.640. The number of ether oxygens (including phenoxy) is 1. The molecule has 218 valence electrons. The Morgan fingerprint density at radius 2 is 1.98 bits per heavy atom. The fraction of sp³-hybridized carbons (Fsp3) is 0.240. The molecular weight excluding hydrogens is 583 g/mol. The highest BCUT2D eigenvalue weighted by Crippen LogP contribution is 2.39. The van der Waals surface area contributed by atoms with Crippen LogP contribution in [0.25, 0.3) is 28.1 Å². The van der Waals surface area contributed by atoms with Gasteiger partial charge in [0.05, 0.1) is 40.2 Å². The van der Waals surface area contributed by atoms with Gasteiger partial charge in [-0.3, -0.25) is 4.79 Å². The van der Waals surface area contributed by atoms with Gasteiger partial charge in [0, 0.05) is 17.6 Å². The molecule has 0 atom stereocenters. The SMILES string of the molecule is COC(=O)c1cc(C(=O)NC(C)C)c2[nH]c(-c3cc(Cn4nnc(C(F)(F)F)n4)nn3-c3ncccc3Cl)c(O)c2c1. The molecule has 17 heteroatoms. The number of aromatic hydroxyl groups is 1. The molecule has 0 saturated heterocycles. The van der Waals surface area contributed by atoms with Crippen LogP contribution in [0.2, 0.25) is 5.02 Å². The van der Waals surface area contributed by atoms with Gasteiger partial charge in [0.25, 0.3) is 11.7 Å². The third-order valence-electron chi connectivity index (χ3n) is 5.93. The summed E-state index contributed by atoms with van der Waals surface area (Å²) in [6, 6.07) is 7.03. The van der Waals surface area contributed by atoms with E-state index in [1.54, 1.807) is 26.0 Å². The van der Waals surface area contributed by atoms with Gasteiger partial charge in [0.15, 0.2) is 11.6 Å². The zero-order valence-corrected chi connectivity index (χ0v) is 22.8. The second-order valence-electron chi connectivity index (χ2n) is 9.30. The predicted octanol–water partition coefficient (Wildman–Crippen LogP) is 3.75. The number of methoxy groups -OCH3 is 1. The number of hydrogen-bond donors (Lipinski definition) is 3. The fourth-order valence-corrected chi connectivity index (χ4v) is 4.37. The van der Waals surface area contributed by atoms with Crippen LogP contribution in [0.4, 0.5) is 13.2 Å². The van der Waals surface area contributed by atoms with Crippen molar-refractivity contribution in [3.63, 3.8) is 0 Å². The van der Waals surface area contributed by atoms with Crippen molar-refractivity contribution < 1.29 is 32.6 Å². The molecule has 5 aromatic rings. The first-order chi connectivity index (χ1) is 19.9. The summed E-state index contributed by atoms with van der Waals surface area (Å²) in [4.78, 5) is 33.5. The van der Waals surface area contributed by atoms with Crippen molar-refractivity contribution in [1.82, 2.24) is 45.3 Å². The first-order valence-corrected chi connectivity index (χ1v) is 12.6. The maximum atomic E-state index is 13.1. The summed E-state index contributed by atoms with van der Waals surface area (Å²) in [5.74, 6) is -2.89. The number of aromatic nitrogens is 8. The highest BCUT2D eigenvalue weighted by Gasteiger charge is 2.37. The molecule has 0 saturated carbocycles. The van der Waals surface area contributed by atoms with Crippen LogP contribution in [-0.4, -0.2) is 70.1 Å². The van der Waals surface area contributed by atoms with Crippen LogP contribution in [0.1, 0.15) is 46.1 Å². The van der Waals surface area contributed by atoms with Crippen molar-refractivity contribution in [3.05, 3.63) is 64.2 Å². The minimum absolute atomic E-state index is 0.0134. The van der Waals surface area contributed by atoms with Crippen molar-refractivity contribution in [3.8, 4) is 23.0 Å². The average Bonchev–Trinajstić information content (AvgIpc) is 3.65. The van der Waals surface area contributed by atoms with Gasteiger partial charge < -0.3 is 20.1 Å². The smallest absolute Gasteiger partial charge is 0.455 e. The first kappa shape index (κ1) is 28.5. The number of tetrazole rings is 1. The largest absolute Gasteiger partial charge is 0.505 e. The Hall–Kier alpha value is -4.99. The number of alkyl halides is 3. The molecule has 4 heterocycles. The lowest BCUT2D eigenvalue weighted by Gasteiger charge is -2.10. The Morgan fingerprint density at radius 1 is 1.21 bits per heavy atom. The van der Waals surface area contributed by atoms with Crippen molar-refractivity contribution in [2.24, 2.45) is 0 Å². The van der Waals surface area contributed by atoms with Crippen molar-refractivity contribution in [1.29, 1.82) is 0 Å². The second kappa shape index (κ2) is 10.8. The van der Waals surface area contributed by atoms with Crippen molar-refractivity contribution >= 4 is 34.4 Å². The van der Waals surface area contributed by atoms with Crippen LogP contribution >= 0.6 is 11.6 Å². The van der Waals surface area contributed by atoms with Gasteiger partial charge in [-0.1, -0.05) is 11.6 Å². The van der Waals surface area contributed by atoms with Gasteiger partial charge in [0.1, 0.15) is 12.2 Å². The number of carbonyl (C=O) groups is 2. The summed E-state index contributed by atoms with van der Waals surface area (Å²) in [7, 11) is 1.18. The fourth-order valence-electron chi connectivity index (χ4n) is 4.17. The number of nitrogens with zero attached hydrogens (tertiary/aromatic N) is 7. The molecule has 0 aliphatic rings. The standard InChI is InChI=1S/C25H21ClF3N9O4/c1-11(2)31-22(40)15-8-12(23(41)42-3)7-14-18(15)32-19(20(14)39)17-9-13(10-37-35-24(33-36-37)25(27,28)29)34-38(17)21-16(26)5-4-6-30-21/h4-9,11,32,39H,10H2,1-3H3,(H,31,40). The number of benzene rings is 1. The van der Waals surface area contributed by atoms with Crippen molar-refractivity contribution in [2.75, 3.05) is 7.11 Å². The van der Waals surface area contributed by atoms with Crippen LogP contribution in [0.15, 0.2) is 36.5 Å². The Balaban J connectivity index is 1.70. The maximum absolute atomic E-state index is 13.1. The molecule has 0 bridgehead atoms. The van der Waals surface area contributed by atoms with E-state index in [0.717, 1.165) is 0 Å². The van der Waals surface area contributed by atoms with E-state index < -0.39 is 23.9 Å². The number of esters is 1. The molecule has 0 unspecified atom stereocenters. The molecule has 0 aliphatic heterocycles. The lowest BCUT2D eigenvalue weighted by molar-refractivity contribution is -0.145. The van der Waals surface area contributed by atoms with Crippen LogP contribution in [0.5, 0.6) is 5.75 Å². The quantitative estimate of drug-likeness (QED) is 0.235. The van der Waals surface area contributed by atoms with Gasteiger partial charge in [0.2, 0.25) is 0 Å². The van der Waals surface area contributed by atoms with Gasteiger partial charge in [-0.05, 0) is 49.4 Å². The second-order valence-corrected chi connectivity index (χ2v) is 9.70. The van der Waals surface area contributed by atoms with Crippen LogP contribution in [0, 0.1) is 0 Å². The Bertz CT molecular complexity index is 1830. The third-order valence-corrected chi connectivity index (χ3v) is 6.23. The zero-order chi connectivity index (χ0) is 30.3. The summed E-state index contributed by atoms with van der Waals surface area (Å²) >= 11 is 6.38. The molecule has 0 aliphatic carbocycles. The van der Waals surface area contributed by atoms with Crippen LogP contribution < -0.4 is 5.32 Å². The van der Waals surface area contributed by atoms with Gasteiger partial charge in [-0.25, -0.2) is 14.5 Å². The number of aromatic amines is 1. The lowest BCUT2D eigenvalue weighted by atomic mass is 10.0. The third kappa shape index (κ3) is 5.35. The van der Waals surface area contributed by atoms with E-state index in [1.807, 2.05) is 0 Å². The number of rotatable bonds is 7. The Labute approximate surface area is 239 Å². The molecule has 42 heavy (non-hydrogen) atoms. The molecule has 0 spiro atoms. The molecule has 0 radical (unpaired) electrons. The van der Waals surface area contributed by atoms with E-state index in [1.165, 1.54) is 36.2 Å². The zero-order valence-electron chi connectivity index (χ0n) is 22.1. The Kier molecular flexibility index (Phi) is 7.32. The lowest BCUT2D eigenvalue weighted by Crippen LogP contribution is -2.30. The number of fused-ring (bicyclic) bond motifs is 1. The topological polar surface area (TPSA) is 166 Å². The minimum atomic E-state index is -4.79. The van der Waals surface area contributed by atoms with Gasteiger partial charge in [-0.15, -0.1) is 10.2 Å². The van der Waals surface area contributed by atoms with E-state index in [-0.39, 0.29) is 68.3 Å². The summed E-state index contributed by atoms with van der Waals surface area (Å²) < 4.78 is 45.1. The van der Waals surface area contributed by atoms with E-state index >= 15 is 0 Å². The molecule has 13 nitrogen and oxygen atoms in total. The summed E-state index contributed by atoms with van der Waals surface area (Å²) in [5, 5.41) is 28.7. The number of H-pyrrole nitrogens is 1. The van der Waals surface area contributed by atoms with Crippen LogP contribution in [-0.2, 0) is 17.5 Å². The number of halogens is 4. The van der Waals surface area contributed by atoms with Crippen molar-refractivity contribution in [2.45, 2.75) is 32.6 Å². The Morgan fingerprint density at radius 3 is 2.62 bits per heavy atom. The molecule has 4 aromatic heterocycles. The molecule has 1 aromatic carbocycles. The highest BCUT2D eigenvalue weighted by atomic mass is 35.5. The number of hydrogen-bond acceptors (Lipinski definition) is 9. The van der Waals surface area contributed by atoms with E-state index in [9.17, 15) is 27.9 Å².